The summed E-state index contributed by atoms with van der Waals surface area (Å²) in [5.41, 5.74) is 1.55. The summed E-state index contributed by atoms with van der Waals surface area (Å²) < 4.78 is 26.0. The number of Topliss-reactive ketones (excluding diaryl/α,β-unsaturated/α-hetero) is 1. The van der Waals surface area contributed by atoms with Gasteiger partial charge in [0.1, 0.15) is 17.4 Å². The number of hydrogen-bond donors (Lipinski definition) is 0. The van der Waals surface area contributed by atoms with Crippen molar-refractivity contribution in [3.05, 3.63) is 47.0 Å². The van der Waals surface area contributed by atoms with Crippen LogP contribution in [0.15, 0.2) is 29.8 Å². The van der Waals surface area contributed by atoms with Gasteiger partial charge in [0.25, 0.3) is 0 Å². The van der Waals surface area contributed by atoms with E-state index >= 15 is 0 Å². The molecule has 0 spiro atoms. The summed E-state index contributed by atoms with van der Waals surface area (Å²) in [5, 5.41) is 0. The SMILES string of the molecule is O=C1CC=C(Cc2ccc(F)cc2F)CC1. The van der Waals surface area contributed by atoms with Crippen LogP contribution >= 0.6 is 0 Å². The Labute approximate surface area is 92.8 Å². The van der Waals surface area contributed by atoms with Gasteiger partial charge < -0.3 is 0 Å². The van der Waals surface area contributed by atoms with Gasteiger partial charge in [-0.3, -0.25) is 4.79 Å². The highest BCUT2D eigenvalue weighted by Gasteiger charge is 2.12. The van der Waals surface area contributed by atoms with Crippen molar-refractivity contribution in [2.75, 3.05) is 0 Å². The normalized spacial score (nSPS) is 16.1. The van der Waals surface area contributed by atoms with E-state index in [0.717, 1.165) is 11.6 Å². The molecule has 0 bridgehead atoms. The first kappa shape index (κ1) is 11.0. The molecule has 0 fully saturated rings. The number of allylic oxidation sites excluding steroid dienone is 2. The summed E-state index contributed by atoms with van der Waals surface area (Å²) >= 11 is 0. The molecule has 1 aliphatic rings. The second kappa shape index (κ2) is 4.56. The fourth-order valence-corrected chi connectivity index (χ4v) is 1.83. The van der Waals surface area contributed by atoms with Crippen molar-refractivity contribution in [1.82, 2.24) is 0 Å². The Morgan fingerprint density at radius 2 is 2.00 bits per heavy atom. The maximum Gasteiger partial charge on any atom is 0.136 e. The molecule has 0 heterocycles. The van der Waals surface area contributed by atoms with Gasteiger partial charge in [-0.2, -0.15) is 0 Å². The lowest BCUT2D eigenvalue weighted by Crippen LogP contribution is -2.06. The zero-order valence-electron chi connectivity index (χ0n) is 8.80. The van der Waals surface area contributed by atoms with Gasteiger partial charge in [-0.25, -0.2) is 8.78 Å². The van der Waals surface area contributed by atoms with E-state index in [1.165, 1.54) is 12.1 Å². The highest BCUT2D eigenvalue weighted by Crippen LogP contribution is 2.21. The maximum atomic E-state index is 13.3. The lowest BCUT2D eigenvalue weighted by Gasteiger charge is -2.12. The zero-order chi connectivity index (χ0) is 11.5. The number of rotatable bonds is 2. The van der Waals surface area contributed by atoms with Crippen LogP contribution in [0.25, 0.3) is 0 Å². The van der Waals surface area contributed by atoms with Gasteiger partial charge in [-0.1, -0.05) is 17.7 Å². The molecule has 0 aromatic heterocycles. The number of halogens is 2. The van der Waals surface area contributed by atoms with E-state index in [2.05, 4.69) is 0 Å². The lowest BCUT2D eigenvalue weighted by molar-refractivity contribution is -0.118. The zero-order valence-corrected chi connectivity index (χ0v) is 8.80. The Balaban J connectivity index is 2.12. The fraction of sp³-hybridized carbons (Fsp3) is 0.308. The molecule has 1 aliphatic carbocycles. The summed E-state index contributed by atoms with van der Waals surface area (Å²) in [4.78, 5) is 11.0. The van der Waals surface area contributed by atoms with Gasteiger partial charge in [0, 0.05) is 18.9 Å². The Hall–Kier alpha value is -1.51. The lowest BCUT2D eigenvalue weighted by atomic mass is 9.93. The maximum absolute atomic E-state index is 13.3. The van der Waals surface area contributed by atoms with E-state index in [9.17, 15) is 13.6 Å². The summed E-state index contributed by atoms with van der Waals surface area (Å²) in [7, 11) is 0. The molecular weight excluding hydrogens is 210 g/mol. The topological polar surface area (TPSA) is 17.1 Å². The number of ketones is 1. The third-order valence-corrected chi connectivity index (χ3v) is 2.78. The third kappa shape index (κ3) is 2.54. The van der Waals surface area contributed by atoms with Gasteiger partial charge in [0.15, 0.2) is 0 Å². The smallest absolute Gasteiger partial charge is 0.136 e. The first-order chi connectivity index (χ1) is 7.65. The molecule has 0 amide bonds. The number of carbonyl (C=O) groups excluding carboxylic acids is 1. The molecule has 3 heteroatoms. The number of carbonyl (C=O) groups is 1. The first-order valence-electron chi connectivity index (χ1n) is 5.28. The minimum atomic E-state index is -0.561. The fourth-order valence-electron chi connectivity index (χ4n) is 1.83. The van der Waals surface area contributed by atoms with Crippen LogP contribution in [0.3, 0.4) is 0 Å². The molecule has 0 saturated carbocycles. The van der Waals surface area contributed by atoms with Gasteiger partial charge in [-0.15, -0.1) is 0 Å². The van der Waals surface area contributed by atoms with Crippen molar-refractivity contribution in [2.24, 2.45) is 0 Å². The Bertz CT molecular complexity index is 449. The molecular formula is C13H12F2O. The monoisotopic (exact) mass is 222 g/mol. The van der Waals surface area contributed by atoms with E-state index in [-0.39, 0.29) is 5.78 Å². The van der Waals surface area contributed by atoms with Crippen molar-refractivity contribution in [2.45, 2.75) is 25.7 Å². The van der Waals surface area contributed by atoms with E-state index in [4.69, 9.17) is 0 Å². The molecule has 0 saturated heterocycles. The van der Waals surface area contributed by atoms with Crippen LogP contribution in [-0.4, -0.2) is 5.78 Å². The summed E-state index contributed by atoms with van der Waals surface area (Å²) in [6.07, 6.45) is 4.00. The average Bonchev–Trinajstić information content (AvgIpc) is 2.25. The van der Waals surface area contributed by atoms with E-state index in [1.807, 2.05) is 6.08 Å². The van der Waals surface area contributed by atoms with E-state index in [0.29, 0.717) is 31.2 Å². The molecule has 1 aromatic rings. The first-order valence-corrected chi connectivity index (χ1v) is 5.28. The minimum absolute atomic E-state index is 0.225. The molecule has 16 heavy (non-hydrogen) atoms. The summed E-state index contributed by atoms with van der Waals surface area (Å²) in [6, 6.07) is 3.61. The minimum Gasteiger partial charge on any atom is -0.299 e. The number of hydrogen-bond acceptors (Lipinski definition) is 1. The predicted octanol–water partition coefficient (Wildman–Crippen LogP) is 3.19. The highest BCUT2D eigenvalue weighted by atomic mass is 19.1. The molecule has 0 unspecified atom stereocenters. The Morgan fingerprint density at radius 3 is 2.62 bits per heavy atom. The quantitative estimate of drug-likeness (QED) is 0.702. The molecule has 1 nitrogen and oxygen atoms in total. The van der Waals surface area contributed by atoms with Gasteiger partial charge in [0.2, 0.25) is 0 Å². The largest absolute Gasteiger partial charge is 0.299 e. The standard InChI is InChI=1S/C13H12F2O/c14-11-4-3-10(13(15)8-11)7-9-1-5-12(16)6-2-9/h1,3-4,8H,2,5-7H2. The molecule has 0 aliphatic heterocycles. The van der Waals surface area contributed by atoms with E-state index in [1.54, 1.807) is 0 Å². The van der Waals surface area contributed by atoms with Crippen molar-refractivity contribution < 1.29 is 13.6 Å². The van der Waals surface area contributed by atoms with Crippen LogP contribution in [-0.2, 0) is 11.2 Å². The van der Waals surface area contributed by atoms with Gasteiger partial charge >= 0.3 is 0 Å². The van der Waals surface area contributed by atoms with Crippen molar-refractivity contribution >= 4 is 5.78 Å². The second-order valence-electron chi connectivity index (χ2n) is 4.02. The molecule has 0 radical (unpaired) electrons. The van der Waals surface area contributed by atoms with Crippen LogP contribution < -0.4 is 0 Å². The summed E-state index contributed by atoms with van der Waals surface area (Å²) in [5.74, 6) is -0.852. The summed E-state index contributed by atoms with van der Waals surface area (Å²) in [6.45, 7) is 0. The number of benzene rings is 1. The van der Waals surface area contributed by atoms with Crippen LogP contribution in [0.2, 0.25) is 0 Å². The molecule has 0 N–H and O–H groups in total. The molecule has 2 rings (SSSR count). The van der Waals surface area contributed by atoms with Crippen LogP contribution in [0, 0.1) is 11.6 Å². The van der Waals surface area contributed by atoms with Crippen molar-refractivity contribution in [1.29, 1.82) is 0 Å². The molecule has 0 atom stereocenters. The van der Waals surface area contributed by atoms with Gasteiger partial charge in [0.05, 0.1) is 0 Å². The third-order valence-electron chi connectivity index (χ3n) is 2.78. The molecule has 84 valence electrons. The van der Waals surface area contributed by atoms with Crippen molar-refractivity contribution in [3.63, 3.8) is 0 Å². The van der Waals surface area contributed by atoms with Gasteiger partial charge in [-0.05, 0) is 24.5 Å². The Morgan fingerprint density at radius 1 is 1.19 bits per heavy atom. The Kier molecular flexibility index (Phi) is 3.13. The van der Waals surface area contributed by atoms with Crippen LogP contribution in [0.1, 0.15) is 24.8 Å². The predicted molar refractivity (Wildman–Crippen MR) is 57.0 cm³/mol. The van der Waals surface area contributed by atoms with E-state index < -0.39 is 11.6 Å². The van der Waals surface area contributed by atoms with Crippen LogP contribution in [0.5, 0.6) is 0 Å². The second-order valence-corrected chi connectivity index (χ2v) is 4.02. The van der Waals surface area contributed by atoms with Crippen LogP contribution in [0.4, 0.5) is 8.78 Å². The molecule has 1 aromatic carbocycles. The van der Waals surface area contributed by atoms with Crippen molar-refractivity contribution in [3.8, 4) is 0 Å². The highest BCUT2D eigenvalue weighted by molar-refractivity contribution is 5.81. The average molecular weight is 222 g/mol.